The van der Waals surface area contributed by atoms with E-state index < -0.39 is 23.7 Å². The molecule has 0 spiro atoms. The Morgan fingerprint density at radius 3 is 2.29 bits per heavy atom. The highest BCUT2D eigenvalue weighted by atomic mass is 19.4. The van der Waals surface area contributed by atoms with Crippen LogP contribution in [0.15, 0.2) is 24.3 Å². The average molecular weight is 253 g/mol. The van der Waals surface area contributed by atoms with Crippen molar-refractivity contribution in [2.75, 3.05) is 0 Å². The topological polar surface area (TPSA) is 26.0 Å². The van der Waals surface area contributed by atoms with Crippen molar-refractivity contribution in [2.24, 2.45) is 5.73 Å². The van der Waals surface area contributed by atoms with Crippen molar-refractivity contribution >= 4 is 0 Å². The van der Waals surface area contributed by atoms with Gasteiger partial charge in [-0.1, -0.05) is 18.2 Å². The molecule has 0 aromatic heterocycles. The summed E-state index contributed by atoms with van der Waals surface area (Å²) in [7, 11) is 0. The summed E-state index contributed by atoms with van der Waals surface area (Å²) in [5, 5.41) is 0. The van der Waals surface area contributed by atoms with Crippen molar-refractivity contribution in [3.05, 3.63) is 35.4 Å². The van der Waals surface area contributed by atoms with Crippen LogP contribution < -0.4 is 5.73 Å². The summed E-state index contributed by atoms with van der Waals surface area (Å²) in [4.78, 5) is 0. The summed E-state index contributed by atoms with van der Waals surface area (Å²) >= 11 is 0. The molecule has 96 valence electrons. The van der Waals surface area contributed by atoms with E-state index in [1.54, 1.807) is 0 Å². The zero-order valence-electron chi connectivity index (χ0n) is 9.06. The van der Waals surface area contributed by atoms with E-state index in [9.17, 15) is 22.0 Å². The van der Waals surface area contributed by atoms with E-state index in [1.807, 2.05) is 0 Å². The highest BCUT2D eigenvalue weighted by Gasteiger charge is 2.33. The summed E-state index contributed by atoms with van der Waals surface area (Å²) in [6.07, 6.45) is -7.59. The maximum atomic E-state index is 12.5. The fourth-order valence-electron chi connectivity index (χ4n) is 1.37. The highest BCUT2D eigenvalue weighted by Crippen LogP contribution is 2.30. The first-order valence-corrected chi connectivity index (χ1v) is 4.86. The fourth-order valence-corrected chi connectivity index (χ4v) is 1.37. The van der Waals surface area contributed by atoms with Crippen LogP contribution in [0, 0.1) is 0 Å². The summed E-state index contributed by atoms with van der Waals surface area (Å²) < 4.78 is 62.1. The van der Waals surface area contributed by atoms with Gasteiger partial charge in [-0.05, 0) is 25.0 Å². The molecular weight excluding hydrogens is 241 g/mol. The molecule has 0 saturated heterocycles. The predicted octanol–water partition coefficient (Wildman–Crippen LogP) is 3.23. The smallest absolute Gasteiger partial charge is 0.320 e. The fraction of sp³-hybridized carbons (Fsp3) is 0.455. The Morgan fingerprint density at radius 1 is 1.24 bits per heavy atom. The molecule has 0 aliphatic carbocycles. The number of hydrogen-bond donors (Lipinski definition) is 1. The van der Waals surface area contributed by atoms with E-state index in [1.165, 1.54) is 12.1 Å². The zero-order valence-corrected chi connectivity index (χ0v) is 9.06. The van der Waals surface area contributed by atoms with E-state index >= 15 is 0 Å². The number of halogens is 5. The van der Waals surface area contributed by atoms with Crippen LogP contribution in [0.5, 0.6) is 0 Å². The molecule has 1 aromatic rings. The Hall–Kier alpha value is -1.17. The van der Waals surface area contributed by atoms with Crippen LogP contribution in [0.4, 0.5) is 22.0 Å². The minimum Gasteiger partial charge on any atom is -0.320 e. The first-order chi connectivity index (χ1) is 7.63. The molecule has 1 aromatic carbocycles. The molecule has 0 aliphatic rings. The van der Waals surface area contributed by atoms with Gasteiger partial charge in [0.05, 0.1) is 11.1 Å². The van der Waals surface area contributed by atoms with Crippen LogP contribution in [-0.4, -0.2) is 12.0 Å². The summed E-state index contributed by atoms with van der Waals surface area (Å²) in [6, 6.07) is 4.26. The van der Waals surface area contributed by atoms with Crippen molar-refractivity contribution in [1.29, 1.82) is 0 Å². The minimum atomic E-state index is -4.48. The summed E-state index contributed by atoms with van der Waals surface area (Å²) in [6.45, 7) is 1.11. The molecule has 0 aliphatic heterocycles. The van der Waals surface area contributed by atoms with Crippen molar-refractivity contribution in [3.63, 3.8) is 0 Å². The lowest BCUT2D eigenvalue weighted by Gasteiger charge is -2.23. The molecule has 17 heavy (non-hydrogen) atoms. The molecule has 2 N–H and O–H groups in total. The van der Waals surface area contributed by atoms with Crippen LogP contribution in [0.25, 0.3) is 0 Å². The van der Waals surface area contributed by atoms with Crippen molar-refractivity contribution in [2.45, 2.75) is 31.5 Å². The van der Waals surface area contributed by atoms with Gasteiger partial charge in [0.25, 0.3) is 6.43 Å². The maximum absolute atomic E-state index is 12.5. The Kier molecular flexibility index (Phi) is 3.76. The Morgan fingerprint density at radius 2 is 1.82 bits per heavy atom. The Bertz CT molecular complexity index is 384. The predicted molar refractivity (Wildman–Crippen MR) is 53.7 cm³/mol. The van der Waals surface area contributed by atoms with Crippen LogP contribution in [0.2, 0.25) is 0 Å². The van der Waals surface area contributed by atoms with Crippen LogP contribution in [0.1, 0.15) is 18.1 Å². The molecule has 0 bridgehead atoms. The van der Waals surface area contributed by atoms with E-state index in [2.05, 4.69) is 0 Å². The SMILES string of the molecule is CC(N)(Cc1cccc(C(F)(F)F)c1)C(F)F. The zero-order chi connectivity index (χ0) is 13.3. The molecular formula is C11H12F5N. The number of rotatable bonds is 3. The van der Waals surface area contributed by atoms with Gasteiger partial charge in [0.1, 0.15) is 0 Å². The number of alkyl halides is 5. The first kappa shape index (κ1) is 13.9. The van der Waals surface area contributed by atoms with E-state index in [-0.39, 0.29) is 12.0 Å². The molecule has 1 rings (SSSR count). The largest absolute Gasteiger partial charge is 0.416 e. The van der Waals surface area contributed by atoms with Gasteiger partial charge < -0.3 is 5.73 Å². The second-order valence-corrected chi connectivity index (χ2v) is 4.18. The molecule has 0 radical (unpaired) electrons. The lowest BCUT2D eigenvalue weighted by atomic mass is 9.93. The van der Waals surface area contributed by atoms with Gasteiger partial charge in [-0.3, -0.25) is 0 Å². The first-order valence-electron chi connectivity index (χ1n) is 4.86. The molecule has 0 amide bonds. The summed E-state index contributed by atoms with van der Waals surface area (Å²) in [5.74, 6) is 0. The normalized spacial score (nSPS) is 16.0. The second kappa shape index (κ2) is 4.60. The van der Waals surface area contributed by atoms with Gasteiger partial charge in [0, 0.05) is 0 Å². The third-order valence-corrected chi connectivity index (χ3v) is 2.34. The van der Waals surface area contributed by atoms with Crippen molar-refractivity contribution in [3.8, 4) is 0 Å². The molecule has 1 atom stereocenters. The molecule has 0 heterocycles. The van der Waals surface area contributed by atoms with Gasteiger partial charge >= 0.3 is 6.18 Å². The van der Waals surface area contributed by atoms with Crippen molar-refractivity contribution < 1.29 is 22.0 Å². The van der Waals surface area contributed by atoms with Crippen molar-refractivity contribution in [1.82, 2.24) is 0 Å². The standard InChI is InChI=1S/C11H12F5N/c1-10(17,9(12)13)6-7-3-2-4-8(5-7)11(14,15)16/h2-5,9H,6,17H2,1H3. The molecule has 0 saturated carbocycles. The van der Waals surface area contributed by atoms with E-state index in [4.69, 9.17) is 5.73 Å². The third kappa shape index (κ3) is 3.66. The molecule has 1 unspecified atom stereocenters. The lowest BCUT2D eigenvalue weighted by molar-refractivity contribution is -0.137. The Balaban J connectivity index is 2.94. The van der Waals surface area contributed by atoms with Gasteiger partial charge in [0.15, 0.2) is 0 Å². The third-order valence-electron chi connectivity index (χ3n) is 2.34. The average Bonchev–Trinajstić information content (AvgIpc) is 2.15. The lowest BCUT2D eigenvalue weighted by Crippen LogP contribution is -2.45. The van der Waals surface area contributed by atoms with E-state index in [0.29, 0.717) is 0 Å². The van der Waals surface area contributed by atoms with E-state index in [0.717, 1.165) is 19.1 Å². The van der Waals surface area contributed by atoms with Crippen LogP contribution >= 0.6 is 0 Å². The van der Waals surface area contributed by atoms with Crippen LogP contribution in [0.3, 0.4) is 0 Å². The van der Waals surface area contributed by atoms with Gasteiger partial charge in [0.2, 0.25) is 0 Å². The minimum absolute atomic E-state index is 0.144. The van der Waals surface area contributed by atoms with Crippen LogP contribution in [-0.2, 0) is 12.6 Å². The van der Waals surface area contributed by atoms with Gasteiger partial charge in [-0.15, -0.1) is 0 Å². The summed E-state index contributed by atoms with van der Waals surface area (Å²) in [5.41, 5.74) is 2.77. The van der Waals surface area contributed by atoms with Gasteiger partial charge in [-0.2, -0.15) is 13.2 Å². The quantitative estimate of drug-likeness (QED) is 0.822. The molecule has 0 fully saturated rings. The number of benzene rings is 1. The van der Waals surface area contributed by atoms with Gasteiger partial charge in [-0.25, -0.2) is 8.78 Å². The maximum Gasteiger partial charge on any atom is 0.416 e. The monoisotopic (exact) mass is 253 g/mol. The second-order valence-electron chi connectivity index (χ2n) is 4.18. The number of hydrogen-bond acceptors (Lipinski definition) is 1. The highest BCUT2D eigenvalue weighted by molar-refractivity contribution is 5.27. The number of nitrogens with two attached hydrogens (primary N) is 1. The molecule has 1 nitrogen and oxygen atoms in total. The molecule has 6 heteroatoms. The Labute approximate surface area is 95.4 Å².